The zero-order valence-corrected chi connectivity index (χ0v) is 13.9. The fourth-order valence-electron chi connectivity index (χ4n) is 3.18. The molecule has 3 heterocycles. The summed E-state index contributed by atoms with van der Waals surface area (Å²) in [4.78, 5) is 17.1. The number of H-pyrrole nitrogens is 1. The number of hydrogen-bond donors (Lipinski definition) is 2. The maximum Gasteiger partial charge on any atom is 0.251 e. The largest absolute Gasteiger partial charge is 0.381 e. The normalized spacial score (nSPS) is 16.8. The van der Waals surface area contributed by atoms with E-state index in [1.54, 1.807) is 19.2 Å². The predicted octanol–water partition coefficient (Wildman–Crippen LogP) is 2.15. The van der Waals surface area contributed by atoms with Gasteiger partial charge in [-0.05, 0) is 43.9 Å². The van der Waals surface area contributed by atoms with Crippen molar-refractivity contribution in [3.05, 3.63) is 41.7 Å². The lowest BCUT2D eigenvalue weighted by molar-refractivity contribution is 0.0468. The smallest absolute Gasteiger partial charge is 0.251 e. The van der Waals surface area contributed by atoms with Crippen LogP contribution in [0.5, 0.6) is 0 Å². The molecule has 1 aliphatic heterocycles. The third-order valence-electron chi connectivity index (χ3n) is 4.54. The Morgan fingerprint density at radius 1 is 1.36 bits per heavy atom. The van der Waals surface area contributed by atoms with Crippen molar-refractivity contribution < 1.29 is 14.1 Å². The highest BCUT2D eigenvalue weighted by atomic mass is 16.5. The summed E-state index contributed by atoms with van der Waals surface area (Å²) in [5, 5.41) is 14.7. The molecule has 0 radical (unpaired) electrons. The van der Waals surface area contributed by atoms with Crippen LogP contribution in [0.15, 0.2) is 28.9 Å². The topological polar surface area (TPSA) is 106 Å². The molecule has 0 aliphatic carbocycles. The average Bonchev–Trinajstić information content (AvgIpc) is 3.28. The number of amides is 1. The van der Waals surface area contributed by atoms with Gasteiger partial charge < -0.3 is 14.6 Å². The van der Waals surface area contributed by atoms with E-state index in [1.165, 1.54) is 0 Å². The summed E-state index contributed by atoms with van der Waals surface area (Å²) in [7, 11) is 0. The fraction of sp³-hybridized carbons (Fsp3) is 0.412. The number of ether oxygens (including phenoxy) is 1. The van der Waals surface area contributed by atoms with Crippen LogP contribution in [0.3, 0.4) is 0 Å². The Kier molecular flexibility index (Phi) is 4.19. The molecule has 8 nitrogen and oxygen atoms in total. The van der Waals surface area contributed by atoms with Gasteiger partial charge >= 0.3 is 0 Å². The number of aromatic amines is 1. The number of carbonyl (C=O) groups is 1. The van der Waals surface area contributed by atoms with E-state index in [-0.39, 0.29) is 17.9 Å². The summed E-state index contributed by atoms with van der Waals surface area (Å²) >= 11 is 0. The van der Waals surface area contributed by atoms with Crippen LogP contribution in [-0.2, 0) is 4.74 Å². The minimum Gasteiger partial charge on any atom is -0.381 e. The van der Waals surface area contributed by atoms with Crippen molar-refractivity contribution in [2.75, 3.05) is 13.2 Å². The van der Waals surface area contributed by atoms with Gasteiger partial charge in [-0.1, -0.05) is 5.16 Å². The molecule has 8 heteroatoms. The van der Waals surface area contributed by atoms with E-state index >= 15 is 0 Å². The Labute approximate surface area is 143 Å². The number of benzene rings is 1. The maximum atomic E-state index is 12.8. The molecule has 1 aliphatic rings. The lowest BCUT2D eigenvalue weighted by Gasteiger charge is -2.28. The van der Waals surface area contributed by atoms with Crippen molar-refractivity contribution in [1.29, 1.82) is 0 Å². The van der Waals surface area contributed by atoms with Gasteiger partial charge in [-0.15, -0.1) is 0 Å². The number of hydrogen-bond acceptors (Lipinski definition) is 6. The molecule has 2 N–H and O–H groups in total. The van der Waals surface area contributed by atoms with Crippen LogP contribution in [0.25, 0.3) is 10.9 Å². The molecule has 2 aromatic heterocycles. The van der Waals surface area contributed by atoms with Crippen LogP contribution < -0.4 is 5.32 Å². The number of nitrogens with one attached hydrogen (secondary N) is 2. The van der Waals surface area contributed by atoms with E-state index in [0.29, 0.717) is 30.5 Å². The van der Waals surface area contributed by atoms with E-state index in [1.807, 2.05) is 12.1 Å². The van der Waals surface area contributed by atoms with E-state index in [4.69, 9.17) is 9.26 Å². The predicted molar refractivity (Wildman–Crippen MR) is 88.9 cm³/mol. The Balaban J connectivity index is 1.59. The van der Waals surface area contributed by atoms with Gasteiger partial charge in [0.25, 0.3) is 5.91 Å². The quantitative estimate of drug-likeness (QED) is 0.753. The summed E-state index contributed by atoms with van der Waals surface area (Å²) in [6.07, 6.45) is 3.38. The number of fused-ring (bicyclic) bond motifs is 1. The number of aromatic nitrogens is 4. The van der Waals surface area contributed by atoms with Crippen LogP contribution in [0.1, 0.15) is 41.0 Å². The first-order valence-electron chi connectivity index (χ1n) is 8.32. The van der Waals surface area contributed by atoms with Crippen molar-refractivity contribution in [3.8, 4) is 0 Å². The second-order valence-electron chi connectivity index (χ2n) is 6.25. The molecule has 4 rings (SSSR count). The Hall–Kier alpha value is -2.74. The highest BCUT2D eigenvalue weighted by Crippen LogP contribution is 2.29. The number of nitrogens with zero attached hydrogens (tertiary/aromatic N) is 3. The number of rotatable bonds is 4. The standard InChI is InChI=1S/C17H19N5O3/c1-10-19-17(25-22-10)15(11-4-6-24-7-5-11)20-16(23)12-2-3-14-13(8-12)9-18-21-14/h2-3,8-9,11,15H,4-7H2,1H3,(H,18,21)(H,20,23). The minimum absolute atomic E-state index is 0.171. The Bertz CT molecular complexity index is 881. The van der Waals surface area contributed by atoms with E-state index in [0.717, 1.165) is 23.7 Å². The summed E-state index contributed by atoms with van der Waals surface area (Å²) in [5.41, 5.74) is 1.47. The molecule has 0 saturated carbocycles. The minimum atomic E-state index is -0.322. The van der Waals surface area contributed by atoms with Gasteiger partial charge in [0.2, 0.25) is 5.89 Å². The zero-order valence-electron chi connectivity index (χ0n) is 13.9. The number of aryl methyl sites for hydroxylation is 1. The maximum absolute atomic E-state index is 12.8. The van der Waals surface area contributed by atoms with Gasteiger partial charge in [-0.3, -0.25) is 9.89 Å². The molecule has 130 valence electrons. The second kappa shape index (κ2) is 6.64. The molecular formula is C17H19N5O3. The second-order valence-corrected chi connectivity index (χ2v) is 6.25. The summed E-state index contributed by atoms with van der Waals surface area (Å²) in [6.45, 7) is 3.11. The van der Waals surface area contributed by atoms with Crippen molar-refractivity contribution in [2.45, 2.75) is 25.8 Å². The SMILES string of the molecule is Cc1noc(C(NC(=O)c2ccc3[nH]ncc3c2)C2CCOCC2)n1. The lowest BCUT2D eigenvalue weighted by Crippen LogP contribution is -2.36. The van der Waals surface area contributed by atoms with Gasteiger partial charge in [0, 0.05) is 24.2 Å². The van der Waals surface area contributed by atoms with Crippen molar-refractivity contribution in [1.82, 2.24) is 25.7 Å². The van der Waals surface area contributed by atoms with Crippen LogP contribution in [0.4, 0.5) is 0 Å². The fourth-order valence-corrected chi connectivity index (χ4v) is 3.18. The third kappa shape index (κ3) is 3.25. The van der Waals surface area contributed by atoms with Crippen LogP contribution >= 0.6 is 0 Å². The molecule has 1 unspecified atom stereocenters. The first kappa shape index (κ1) is 15.8. The average molecular weight is 341 g/mol. The van der Waals surface area contributed by atoms with Gasteiger partial charge in [-0.25, -0.2) is 0 Å². The first-order chi connectivity index (χ1) is 12.2. The van der Waals surface area contributed by atoms with Crippen LogP contribution in [-0.4, -0.2) is 39.5 Å². The van der Waals surface area contributed by atoms with Gasteiger partial charge in [0.05, 0.1) is 11.7 Å². The van der Waals surface area contributed by atoms with E-state index < -0.39 is 0 Å². The van der Waals surface area contributed by atoms with Gasteiger partial charge in [0.15, 0.2) is 5.82 Å². The molecule has 1 fully saturated rings. The molecule has 0 bridgehead atoms. The lowest BCUT2D eigenvalue weighted by atomic mass is 9.91. The van der Waals surface area contributed by atoms with E-state index in [2.05, 4.69) is 25.7 Å². The molecule has 1 saturated heterocycles. The summed E-state index contributed by atoms with van der Waals surface area (Å²) < 4.78 is 10.8. The molecular weight excluding hydrogens is 322 g/mol. The Morgan fingerprint density at radius 2 is 2.20 bits per heavy atom. The van der Waals surface area contributed by atoms with Gasteiger partial charge in [-0.2, -0.15) is 10.1 Å². The monoisotopic (exact) mass is 341 g/mol. The van der Waals surface area contributed by atoms with Crippen molar-refractivity contribution in [2.24, 2.45) is 5.92 Å². The van der Waals surface area contributed by atoms with Crippen LogP contribution in [0, 0.1) is 12.8 Å². The molecule has 25 heavy (non-hydrogen) atoms. The zero-order chi connectivity index (χ0) is 17.2. The highest BCUT2D eigenvalue weighted by Gasteiger charge is 2.31. The van der Waals surface area contributed by atoms with Gasteiger partial charge in [0.1, 0.15) is 6.04 Å². The van der Waals surface area contributed by atoms with Crippen LogP contribution in [0.2, 0.25) is 0 Å². The molecule has 1 amide bonds. The molecule has 3 aromatic rings. The molecule has 1 aromatic carbocycles. The van der Waals surface area contributed by atoms with Crippen molar-refractivity contribution in [3.63, 3.8) is 0 Å². The van der Waals surface area contributed by atoms with E-state index in [9.17, 15) is 4.79 Å². The number of carbonyl (C=O) groups excluding carboxylic acids is 1. The third-order valence-corrected chi connectivity index (χ3v) is 4.54. The highest BCUT2D eigenvalue weighted by molar-refractivity contribution is 5.98. The molecule has 0 spiro atoms. The first-order valence-corrected chi connectivity index (χ1v) is 8.32. The summed E-state index contributed by atoms with van der Waals surface area (Å²) in [5.74, 6) is 1.04. The molecule has 1 atom stereocenters. The van der Waals surface area contributed by atoms with Crippen molar-refractivity contribution >= 4 is 16.8 Å². The summed E-state index contributed by atoms with van der Waals surface area (Å²) in [6, 6.07) is 5.11. The Morgan fingerprint density at radius 3 is 2.96 bits per heavy atom.